The largest absolute Gasteiger partial charge is 0.466 e. The van der Waals surface area contributed by atoms with Gasteiger partial charge in [-0.15, -0.1) is 12.4 Å². The third-order valence-corrected chi connectivity index (χ3v) is 3.12. The van der Waals surface area contributed by atoms with Gasteiger partial charge in [-0.1, -0.05) is 12.8 Å². The lowest BCUT2D eigenvalue weighted by molar-refractivity contribution is -0.143. The molecule has 5 heteroatoms. The number of unbranched alkanes of at least 4 members (excludes halogenated alkanes) is 3. The van der Waals surface area contributed by atoms with Gasteiger partial charge in [-0.05, 0) is 26.3 Å². The molecule has 1 N–H and O–H groups in total. The third-order valence-electron chi connectivity index (χ3n) is 3.12. The summed E-state index contributed by atoms with van der Waals surface area (Å²) in [5, 5.41) is 3.36. The lowest BCUT2D eigenvalue weighted by atomic mass is 10.1. The SMILES string of the molecule is CCOC(=O)CCCCCCN1CCNCC1.Cl. The molecule has 0 aromatic heterocycles. The summed E-state index contributed by atoms with van der Waals surface area (Å²) in [5.41, 5.74) is 0. The van der Waals surface area contributed by atoms with E-state index >= 15 is 0 Å². The second-order valence-corrected chi connectivity index (χ2v) is 4.56. The van der Waals surface area contributed by atoms with Gasteiger partial charge in [-0.2, -0.15) is 0 Å². The van der Waals surface area contributed by atoms with Crippen molar-refractivity contribution in [1.82, 2.24) is 10.2 Å². The molecule has 4 nitrogen and oxygen atoms in total. The molecule has 0 amide bonds. The Morgan fingerprint density at radius 3 is 2.50 bits per heavy atom. The number of piperazine rings is 1. The number of ether oxygens (including phenoxy) is 1. The van der Waals surface area contributed by atoms with E-state index in [0.717, 1.165) is 25.9 Å². The van der Waals surface area contributed by atoms with Crippen molar-refractivity contribution < 1.29 is 9.53 Å². The van der Waals surface area contributed by atoms with Gasteiger partial charge >= 0.3 is 5.97 Å². The summed E-state index contributed by atoms with van der Waals surface area (Å²) in [6.45, 7) is 8.19. The van der Waals surface area contributed by atoms with E-state index < -0.39 is 0 Å². The maximum Gasteiger partial charge on any atom is 0.305 e. The van der Waals surface area contributed by atoms with E-state index in [1.807, 2.05) is 6.92 Å². The number of carbonyl (C=O) groups excluding carboxylic acids is 1. The van der Waals surface area contributed by atoms with E-state index in [1.165, 1.54) is 32.5 Å². The van der Waals surface area contributed by atoms with Crippen molar-refractivity contribution >= 4 is 18.4 Å². The first-order chi connectivity index (χ1) is 8.33. The van der Waals surface area contributed by atoms with Gasteiger partial charge in [0.1, 0.15) is 0 Å². The summed E-state index contributed by atoms with van der Waals surface area (Å²) < 4.78 is 4.89. The van der Waals surface area contributed by atoms with E-state index in [-0.39, 0.29) is 18.4 Å². The Bertz CT molecular complexity index is 209. The molecule has 0 atom stereocenters. The predicted molar refractivity (Wildman–Crippen MR) is 76.3 cm³/mol. The highest BCUT2D eigenvalue weighted by atomic mass is 35.5. The summed E-state index contributed by atoms with van der Waals surface area (Å²) in [6.07, 6.45) is 5.18. The van der Waals surface area contributed by atoms with Crippen LogP contribution in [-0.2, 0) is 9.53 Å². The quantitative estimate of drug-likeness (QED) is 0.543. The Morgan fingerprint density at radius 2 is 1.83 bits per heavy atom. The fraction of sp³-hybridized carbons (Fsp3) is 0.923. The molecular weight excluding hydrogens is 252 g/mol. The van der Waals surface area contributed by atoms with Gasteiger partial charge in [0.05, 0.1) is 6.61 Å². The molecule has 0 saturated carbocycles. The molecule has 0 spiro atoms. The molecule has 1 aliphatic rings. The number of hydrogen-bond acceptors (Lipinski definition) is 4. The van der Waals surface area contributed by atoms with Gasteiger partial charge in [0.15, 0.2) is 0 Å². The number of hydrogen-bond donors (Lipinski definition) is 1. The molecule has 1 heterocycles. The molecule has 1 aliphatic heterocycles. The summed E-state index contributed by atoms with van der Waals surface area (Å²) >= 11 is 0. The third kappa shape index (κ3) is 8.72. The van der Waals surface area contributed by atoms with Gasteiger partial charge < -0.3 is 15.0 Å². The number of carbonyl (C=O) groups is 1. The molecule has 1 fully saturated rings. The van der Waals surface area contributed by atoms with E-state index in [1.54, 1.807) is 0 Å². The second-order valence-electron chi connectivity index (χ2n) is 4.56. The van der Waals surface area contributed by atoms with Crippen molar-refractivity contribution in [2.75, 3.05) is 39.3 Å². The molecule has 108 valence electrons. The lowest BCUT2D eigenvalue weighted by Crippen LogP contribution is -2.43. The van der Waals surface area contributed by atoms with Crippen LogP contribution in [0.1, 0.15) is 39.0 Å². The van der Waals surface area contributed by atoms with Crippen LogP contribution >= 0.6 is 12.4 Å². The Morgan fingerprint density at radius 1 is 1.17 bits per heavy atom. The van der Waals surface area contributed by atoms with Crippen LogP contribution in [0.2, 0.25) is 0 Å². The summed E-state index contributed by atoms with van der Waals surface area (Å²) in [4.78, 5) is 13.6. The molecule has 1 saturated heterocycles. The van der Waals surface area contributed by atoms with Crippen molar-refractivity contribution in [3.05, 3.63) is 0 Å². The maximum atomic E-state index is 11.1. The molecule has 0 bridgehead atoms. The number of esters is 1. The Kier molecular flexibility index (Phi) is 11.5. The maximum absolute atomic E-state index is 11.1. The zero-order valence-corrected chi connectivity index (χ0v) is 12.3. The molecule has 0 unspecified atom stereocenters. The number of nitrogens with zero attached hydrogens (tertiary/aromatic N) is 1. The molecule has 0 aromatic carbocycles. The van der Waals surface area contributed by atoms with Crippen molar-refractivity contribution in [2.24, 2.45) is 0 Å². The second kappa shape index (κ2) is 11.8. The highest BCUT2D eigenvalue weighted by molar-refractivity contribution is 5.85. The van der Waals surface area contributed by atoms with Gasteiger partial charge in [0.25, 0.3) is 0 Å². The van der Waals surface area contributed by atoms with Crippen LogP contribution in [0.4, 0.5) is 0 Å². The molecule has 18 heavy (non-hydrogen) atoms. The van der Waals surface area contributed by atoms with Crippen LogP contribution in [0, 0.1) is 0 Å². The van der Waals surface area contributed by atoms with Crippen molar-refractivity contribution in [3.8, 4) is 0 Å². The minimum absolute atomic E-state index is 0. The van der Waals surface area contributed by atoms with Crippen LogP contribution < -0.4 is 5.32 Å². The van der Waals surface area contributed by atoms with E-state index in [4.69, 9.17) is 4.74 Å². The summed E-state index contributed by atoms with van der Waals surface area (Å²) in [5.74, 6) is -0.0467. The first kappa shape index (κ1) is 17.7. The van der Waals surface area contributed by atoms with E-state index in [0.29, 0.717) is 13.0 Å². The van der Waals surface area contributed by atoms with Crippen LogP contribution in [0.3, 0.4) is 0 Å². The number of nitrogens with one attached hydrogen (secondary N) is 1. The van der Waals surface area contributed by atoms with Gasteiger partial charge in [0, 0.05) is 32.6 Å². The molecular formula is C13H27ClN2O2. The fourth-order valence-electron chi connectivity index (χ4n) is 2.13. The zero-order valence-electron chi connectivity index (χ0n) is 11.5. The highest BCUT2D eigenvalue weighted by Gasteiger charge is 2.08. The first-order valence-electron chi connectivity index (χ1n) is 6.91. The summed E-state index contributed by atoms with van der Waals surface area (Å²) in [6, 6.07) is 0. The predicted octanol–water partition coefficient (Wildman–Crippen LogP) is 1.83. The monoisotopic (exact) mass is 278 g/mol. The highest BCUT2D eigenvalue weighted by Crippen LogP contribution is 2.05. The van der Waals surface area contributed by atoms with Crippen LogP contribution in [0.5, 0.6) is 0 Å². The van der Waals surface area contributed by atoms with E-state index in [9.17, 15) is 4.79 Å². The van der Waals surface area contributed by atoms with Gasteiger partial charge in [0.2, 0.25) is 0 Å². The average molecular weight is 279 g/mol. The van der Waals surface area contributed by atoms with Gasteiger partial charge in [-0.25, -0.2) is 0 Å². The molecule has 0 radical (unpaired) electrons. The molecule has 1 rings (SSSR count). The Hall–Kier alpha value is -0.320. The average Bonchev–Trinajstić information content (AvgIpc) is 2.35. The van der Waals surface area contributed by atoms with Crippen molar-refractivity contribution in [2.45, 2.75) is 39.0 Å². The van der Waals surface area contributed by atoms with Crippen molar-refractivity contribution in [3.63, 3.8) is 0 Å². The summed E-state index contributed by atoms with van der Waals surface area (Å²) in [7, 11) is 0. The Labute approximate surface area is 117 Å². The number of rotatable bonds is 8. The topological polar surface area (TPSA) is 41.6 Å². The smallest absolute Gasteiger partial charge is 0.305 e. The minimum Gasteiger partial charge on any atom is -0.466 e. The van der Waals surface area contributed by atoms with Crippen LogP contribution in [0.25, 0.3) is 0 Å². The number of halogens is 1. The lowest BCUT2D eigenvalue weighted by Gasteiger charge is -2.26. The van der Waals surface area contributed by atoms with Crippen LogP contribution in [0.15, 0.2) is 0 Å². The standard InChI is InChI=1S/C13H26N2O2.ClH/c1-2-17-13(16)7-5-3-4-6-10-15-11-8-14-9-12-15;/h14H,2-12H2,1H3;1H. The normalized spacial score (nSPS) is 16.1. The Balaban J connectivity index is 0.00000289. The van der Waals surface area contributed by atoms with Gasteiger partial charge in [-0.3, -0.25) is 4.79 Å². The first-order valence-corrected chi connectivity index (χ1v) is 6.91. The minimum atomic E-state index is -0.0467. The molecule has 0 aliphatic carbocycles. The van der Waals surface area contributed by atoms with E-state index in [2.05, 4.69) is 10.2 Å². The zero-order chi connectivity index (χ0) is 12.3. The van der Waals surface area contributed by atoms with Crippen molar-refractivity contribution in [1.29, 1.82) is 0 Å². The molecule has 0 aromatic rings. The van der Waals surface area contributed by atoms with Crippen LogP contribution in [-0.4, -0.2) is 50.2 Å². The fourth-order valence-corrected chi connectivity index (χ4v) is 2.13.